The lowest BCUT2D eigenvalue weighted by Gasteiger charge is -2.03. The van der Waals surface area contributed by atoms with Crippen LogP contribution in [0.1, 0.15) is 26.5 Å². The first-order valence-corrected chi connectivity index (χ1v) is 7.10. The van der Waals surface area contributed by atoms with Crippen molar-refractivity contribution in [2.24, 2.45) is 5.73 Å². The van der Waals surface area contributed by atoms with Crippen molar-refractivity contribution >= 4 is 35.4 Å². The van der Waals surface area contributed by atoms with E-state index in [4.69, 9.17) is 18.0 Å². The number of likely N-dealkylation sites (N-methyl/N-ethyl adjacent to an activating group) is 1. The molecule has 0 unspecified atom stereocenters. The van der Waals surface area contributed by atoms with Crippen LogP contribution in [0.4, 0.5) is 0 Å². The first-order valence-electron chi connectivity index (χ1n) is 6.69. The maximum atomic E-state index is 6.13. The summed E-state index contributed by atoms with van der Waals surface area (Å²) in [7, 11) is 1.85. The van der Waals surface area contributed by atoms with E-state index in [2.05, 4.69) is 23.5 Å². The van der Waals surface area contributed by atoms with E-state index in [1.807, 2.05) is 46.0 Å². The molecule has 3 nitrogen and oxygen atoms in total. The van der Waals surface area contributed by atoms with Crippen LogP contribution in [-0.4, -0.2) is 16.9 Å². The number of thiocarbonyl (C=S) groups is 1. The van der Waals surface area contributed by atoms with Gasteiger partial charge >= 0.3 is 0 Å². The van der Waals surface area contributed by atoms with E-state index in [9.17, 15) is 0 Å². The van der Waals surface area contributed by atoms with Crippen LogP contribution in [0.15, 0.2) is 35.6 Å². The molecule has 0 spiro atoms. The molecule has 0 aliphatic heterocycles. The molecule has 4 heteroatoms. The van der Waals surface area contributed by atoms with Crippen molar-refractivity contribution in [3.8, 4) is 0 Å². The zero-order chi connectivity index (χ0) is 16.2. The number of hydrogen-bond donors (Lipinski definition) is 3. The Morgan fingerprint density at radius 1 is 1.38 bits per heavy atom. The molecule has 0 saturated carbocycles. The van der Waals surface area contributed by atoms with Crippen molar-refractivity contribution in [2.75, 3.05) is 7.05 Å². The van der Waals surface area contributed by atoms with Gasteiger partial charge in [-0.25, -0.2) is 0 Å². The van der Waals surface area contributed by atoms with Crippen LogP contribution >= 0.6 is 12.2 Å². The highest BCUT2D eigenvalue weighted by Crippen LogP contribution is 2.10. The standard InChI is InChI=1S/C17H23N3S/c1-10(12(3)19-6)7-8-15-9-16(20-13(15)4)17(18)11(2)14(5)21/h7-9,19-20H,3-4,18H2,1-2,5-6H3/b10-7+,15-8-,17-11?. The molecule has 112 valence electrons. The molecule has 0 saturated heterocycles. The minimum absolute atomic E-state index is 0.660. The summed E-state index contributed by atoms with van der Waals surface area (Å²) in [6.45, 7) is 13.7. The van der Waals surface area contributed by atoms with E-state index in [1.54, 1.807) is 0 Å². The number of nitrogens with one attached hydrogen (secondary N) is 2. The second-order valence-electron chi connectivity index (χ2n) is 4.96. The Balaban J connectivity index is 3.27. The Kier molecular flexibility index (Phi) is 5.73. The Morgan fingerprint density at radius 3 is 2.52 bits per heavy atom. The minimum Gasteiger partial charge on any atom is -0.397 e. The zero-order valence-corrected chi connectivity index (χ0v) is 13.9. The van der Waals surface area contributed by atoms with Gasteiger partial charge in [0.1, 0.15) is 0 Å². The predicted octanol–water partition coefficient (Wildman–Crippen LogP) is 1.96. The highest BCUT2D eigenvalue weighted by Gasteiger charge is 2.05. The van der Waals surface area contributed by atoms with Gasteiger partial charge in [0.05, 0.1) is 11.4 Å². The second-order valence-corrected chi connectivity index (χ2v) is 5.57. The smallest absolute Gasteiger partial charge is 0.0627 e. The molecule has 0 fully saturated rings. The zero-order valence-electron chi connectivity index (χ0n) is 13.1. The molecule has 0 aliphatic rings. The Hall–Kier alpha value is -2.07. The van der Waals surface area contributed by atoms with E-state index in [0.29, 0.717) is 5.70 Å². The Morgan fingerprint density at radius 2 is 2.00 bits per heavy atom. The van der Waals surface area contributed by atoms with Crippen LogP contribution in [0.2, 0.25) is 0 Å². The summed E-state index contributed by atoms with van der Waals surface area (Å²) in [6.07, 6.45) is 3.99. The van der Waals surface area contributed by atoms with Crippen LogP contribution in [-0.2, 0) is 0 Å². The SMILES string of the molecule is C=C(NC)/C(C)=C/C=c1/cc(C(N)=C(C)C(C)=S)[nH]c1=C. The van der Waals surface area contributed by atoms with E-state index in [0.717, 1.165) is 38.0 Å². The van der Waals surface area contributed by atoms with Crippen LogP contribution < -0.4 is 21.6 Å². The molecule has 1 heterocycles. The number of nitrogens with two attached hydrogens (primary N) is 1. The number of allylic oxidation sites excluding steroid dienone is 3. The lowest BCUT2D eigenvalue weighted by Crippen LogP contribution is -2.19. The quantitative estimate of drug-likeness (QED) is 0.443. The third kappa shape index (κ3) is 4.20. The van der Waals surface area contributed by atoms with Gasteiger partial charge in [-0.1, -0.05) is 37.5 Å². The molecule has 1 aromatic rings. The molecule has 21 heavy (non-hydrogen) atoms. The molecule has 0 bridgehead atoms. The Labute approximate surface area is 131 Å². The van der Waals surface area contributed by atoms with Crippen LogP contribution in [0, 0.1) is 0 Å². The summed E-state index contributed by atoms with van der Waals surface area (Å²) < 4.78 is 0. The summed E-state index contributed by atoms with van der Waals surface area (Å²) in [4.78, 5) is 3.99. The Bertz CT molecular complexity index is 733. The van der Waals surface area contributed by atoms with Crippen molar-refractivity contribution in [1.29, 1.82) is 0 Å². The maximum Gasteiger partial charge on any atom is 0.0627 e. The van der Waals surface area contributed by atoms with E-state index >= 15 is 0 Å². The number of H-pyrrole nitrogens is 1. The summed E-state index contributed by atoms with van der Waals surface area (Å²) in [5, 5.41) is 4.83. The first kappa shape index (κ1) is 17.0. The number of hydrogen-bond acceptors (Lipinski definition) is 3. The van der Waals surface area contributed by atoms with E-state index in [1.165, 1.54) is 0 Å². The molecule has 0 atom stereocenters. The second kappa shape index (κ2) is 7.09. The molecular weight excluding hydrogens is 278 g/mol. The maximum absolute atomic E-state index is 6.13. The number of aromatic nitrogens is 1. The molecular formula is C17H23N3S. The predicted molar refractivity (Wildman–Crippen MR) is 97.0 cm³/mol. The fourth-order valence-corrected chi connectivity index (χ4v) is 1.82. The summed E-state index contributed by atoms with van der Waals surface area (Å²) in [5.41, 5.74) is 10.5. The fourth-order valence-electron chi connectivity index (χ4n) is 1.71. The van der Waals surface area contributed by atoms with Gasteiger partial charge in [-0.05, 0) is 43.2 Å². The van der Waals surface area contributed by atoms with Crippen LogP contribution in [0.25, 0.3) is 18.4 Å². The average molecular weight is 301 g/mol. The van der Waals surface area contributed by atoms with Crippen LogP contribution in [0.3, 0.4) is 0 Å². The van der Waals surface area contributed by atoms with Gasteiger partial charge in [-0.3, -0.25) is 0 Å². The van der Waals surface area contributed by atoms with Crippen molar-refractivity contribution in [1.82, 2.24) is 10.3 Å². The van der Waals surface area contributed by atoms with Gasteiger partial charge in [0.2, 0.25) is 0 Å². The first-order chi connectivity index (χ1) is 9.77. The summed E-state index contributed by atoms with van der Waals surface area (Å²) in [6, 6.07) is 1.98. The molecule has 0 amide bonds. The summed E-state index contributed by atoms with van der Waals surface area (Å²) >= 11 is 5.16. The van der Waals surface area contributed by atoms with Gasteiger partial charge < -0.3 is 16.0 Å². The third-order valence-corrected chi connectivity index (χ3v) is 3.75. The molecule has 1 aromatic heterocycles. The highest BCUT2D eigenvalue weighted by atomic mass is 32.1. The largest absolute Gasteiger partial charge is 0.397 e. The molecule has 0 aromatic carbocycles. The third-order valence-electron chi connectivity index (χ3n) is 3.45. The lowest BCUT2D eigenvalue weighted by molar-refractivity contribution is 1.01. The monoisotopic (exact) mass is 301 g/mol. The van der Waals surface area contributed by atoms with Crippen molar-refractivity contribution in [3.05, 3.63) is 51.8 Å². The van der Waals surface area contributed by atoms with Crippen molar-refractivity contribution in [3.63, 3.8) is 0 Å². The highest BCUT2D eigenvalue weighted by molar-refractivity contribution is 7.80. The van der Waals surface area contributed by atoms with Gasteiger partial charge in [0.15, 0.2) is 0 Å². The van der Waals surface area contributed by atoms with E-state index in [-0.39, 0.29) is 0 Å². The van der Waals surface area contributed by atoms with Crippen LogP contribution in [0.5, 0.6) is 0 Å². The number of rotatable bonds is 5. The van der Waals surface area contributed by atoms with Gasteiger partial charge in [0, 0.05) is 23.0 Å². The van der Waals surface area contributed by atoms with E-state index < -0.39 is 0 Å². The molecule has 1 rings (SSSR count). The normalized spacial score (nSPS) is 13.9. The average Bonchev–Trinajstić information content (AvgIpc) is 2.83. The number of aromatic amines is 1. The van der Waals surface area contributed by atoms with Gasteiger partial charge in [-0.2, -0.15) is 0 Å². The minimum atomic E-state index is 0.660. The van der Waals surface area contributed by atoms with Gasteiger partial charge in [-0.15, -0.1) is 0 Å². The van der Waals surface area contributed by atoms with Crippen molar-refractivity contribution in [2.45, 2.75) is 20.8 Å². The molecule has 4 N–H and O–H groups in total. The topological polar surface area (TPSA) is 53.8 Å². The molecule has 0 radical (unpaired) electrons. The van der Waals surface area contributed by atoms with Crippen molar-refractivity contribution < 1.29 is 0 Å². The lowest BCUT2D eigenvalue weighted by atomic mass is 10.1. The van der Waals surface area contributed by atoms with Gasteiger partial charge in [0.25, 0.3) is 0 Å². The fraction of sp³-hybridized carbons (Fsp3) is 0.235. The summed E-state index contributed by atoms with van der Waals surface area (Å²) in [5.74, 6) is 0. The molecule has 0 aliphatic carbocycles.